The molecule has 3 unspecified atom stereocenters. The van der Waals surface area contributed by atoms with Gasteiger partial charge in [0, 0.05) is 12.8 Å². The van der Waals surface area contributed by atoms with Crippen LogP contribution in [0.5, 0.6) is 0 Å². The van der Waals surface area contributed by atoms with E-state index in [9.17, 15) is 38.9 Å². The van der Waals surface area contributed by atoms with Gasteiger partial charge in [0.1, 0.15) is 12.7 Å². The maximum Gasteiger partial charge on any atom is 0.472 e. The molecule has 0 aliphatic heterocycles. The zero-order valence-electron chi connectivity index (χ0n) is 38.8. The molecule has 0 aliphatic rings. The Kier molecular flexibility index (Phi) is 40.3. The summed E-state index contributed by atoms with van der Waals surface area (Å²) in [6.45, 7) is 1.24. The molecule has 0 radical (unpaired) electrons. The summed E-state index contributed by atoms with van der Waals surface area (Å²) in [5.41, 5.74) is 0. The highest BCUT2D eigenvalue weighted by molar-refractivity contribution is 7.47. The Morgan fingerprint density at radius 1 is 0.508 bits per heavy atom. The van der Waals surface area contributed by atoms with Crippen molar-refractivity contribution in [1.82, 2.24) is 0 Å². The number of allylic oxidation sites excluding steroid dienone is 15. The molecule has 0 aliphatic carbocycles. The predicted molar refractivity (Wildman–Crippen MR) is 255 cm³/mol. The number of phosphoric acid groups is 2. The van der Waals surface area contributed by atoms with Gasteiger partial charge in [0.25, 0.3) is 0 Å². The van der Waals surface area contributed by atoms with Crippen LogP contribution in [0.4, 0.5) is 0 Å². The van der Waals surface area contributed by atoms with Crippen molar-refractivity contribution in [2.45, 2.75) is 167 Å². The van der Waals surface area contributed by atoms with E-state index in [1.54, 1.807) is 6.08 Å². The number of aliphatic hydroxyl groups excluding tert-OH is 3. The highest BCUT2D eigenvalue weighted by atomic mass is 31.2. The van der Waals surface area contributed by atoms with Gasteiger partial charge in [0.05, 0.1) is 32.0 Å². The van der Waals surface area contributed by atoms with Crippen LogP contribution in [0.25, 0.3) is 0 Å². The number of esters is 2. The van der Waals surface area contributed by atoms with Crippen molar-refractivity contribution in [1.29, 1.82) is 0 Å². The standard InChI is InChI=1S/C48H80O15P2/c1-3-5-7-9-11-13-15-17-18-19-20-21-22-23-25-27-29-31-33-37-48(53)63-44(42-62-65(57,58)61-40-43(49)39-60-64(54,55)56)41-59-47(52)38-34-36-46(51)45(50)35-32-30-28-26-24-16-14-12-10-8-6-4-2/h5,7,11-14,17-18,20-21,23-26,30,32,43-46,49-51H,3-4,6,8-10,15-16,19,22,27-29,31,33-42H2,1-2H3,(H,57,58)(H2,54,55,56)/b7-5-,13-11-,14-12-,18-17-,21-20-,25-23-,26-24-,32-30-/t43-,44+,45?,46?/m0/s1. The van der Waals surface area contributed by atoms with Crippen LogP contribution in [0.3, 0.4) is 0 Å². The molecular formula is C48H80O15P2. The van der Waals surface area contributed by atoms with E-state index in [4.69, 9.17) is 23.8 Å². The molecular weight excluding hydrogens is 878 g/mol. The first-order valence-electron chi connectivity index (χ1n) is 23.1. The van der Waals surface area contributed by atoms with Gasteiger partial charge < -0.3 is 39.5 Å². The third kappa shape index (κ3) is 44.6. The van der Waals surface area contributed by atoms with Crippen molar-refractivity contribution in [2.75, 3.05) is 26.4 Å². The SMILES string of the molecule is CC/C=C\C/C=C\C/C=C\C/C=C\C/C=C\CCCCCC(=O)O[C@H](COC(=O)CCCC(O)C(O)C/C=C\C/C=C\C/C=C\CCCCC)COP(=O)(O)OC[C@@H](O)COP(=O)(O)O. The Labute approximate surface area is 388 Å². The van der Waals surface area contributed by atoms with Crippen LogP contribution in [0, 0.1) is 0 Å². The molecule has 0 aromatic heterocycles. The third-order valence-electron chi connectivity index (χ3n) is 9.15. The topological polar surface area (TPSA) is 236 Å². The molecule has 372 valence electrons. The number of carbonyl (C=O) groups is 2. The molecule has 0 fully saturated rings. The van der Waals surface area contributed by atoms with E-state index >= 15 is 0 Å². The predicted octanol–water partition coefficient (Wildman–Crippen LogP) is 10.1. The summed E-state index contributed by atoms with van der Waals surface area (Å²) >= 11 is 0. The highest BCUT2D eigenvalue weighted by Gasteiger charge is 2.28. The lowest BCUT2D eigenvalue weighted by Crippen LogP contribution is -2.30. The van der Waals surface area contributed by atoms with E-state index in [1.165, 1.54) is 19.3 Å². The van der Waals surface area contributed by atoms with Gasteiger partial charge in [-0.1, -0.05) is 130 Å². The van der Waals surface area contributed by atoms with E-state index in [-0.39, 0.29) is 32.1 Å². The van der Waals surface area contributed by atoms with Gasteiger partial charge in [-0.15, -0.1) is 0 Å². The minimum atomic E-state index is -4.90. The van der Waals surface area contributed by atoms with E-state index in [0.717, 1.165) is 64.2 Å². The zero-order valence-corrected chi connectivity index (χ0v) is 40.6. The fourth-order valence-corrected chi connectivity index (χ4v) is 6.69. The monoisotopic (exact) mass is 958 g/mol. The van der Waals surface area contributed by atoms with Gasteiger partial charge in [0.15, 0.2) is 6.10 Å². The van der Waals surface area contributed by atoms with Crippen molar-refractivity contribution >= 4 is 27.6 Å². The number of hydrogen-bond acceptors (Lipinski definition) is 12. The fourth-order valence-electron chi connectivity index (χ4n) is 5.53. The zero-order chi connectivity index (χ0) is 48.3. The van der Waals surface area contributed by atoms with Gasteiger partial charge in [-0.25, -0.2) is 9.13 Å². The first-order chi connectivity index (χ1) is 31.2. The van der Waals surface area contributed by atoms with Gasteiger partial charge in [-0.2, -0.15) is 0 Å². The first kappa shape index (κ1) is 62.0. The Hall–Kier alpha value is -3.04. The third-order valence-corrected chi connectivity index (χ3v) is 10.6. The van der Waals surface area contributed by atoms with Crippen molar-refractivity contribution in [3.63, 3.8) is 0 Å². The normalized spacial score (nSPS) is 15.8. The molecule has 0 bridgehead atoms. The quantitative estimate of drug-likeness (QED) is 0.0144. The lowest BCUT2D eigenvalue weighted by molar-refractivity contribution is -0.161. The number of unbranched alkanes of at least 4 members (excludes halogenated alkanes) is 6. The van der Waals surface area contributed by atoms with Crippen LogP contribution in [0.2, 0.25) is 0 Å². The van der Waals surface area contributed by atoms with Crippen LogP contribution in [0.1, 0.15) is 142 Å². The van der Waals surface area contributed by atoms with Crippen LogP contribution in [-0.2, 0) is 41.8 Å². The molecule has 5 atom stereocenters. The summed E-state index contributed by atoms with van der Waals surface area (Å²) in [6.07, 6.45) is 42.8. The van der Waals surface area contributed by atoms with Crippen LogP contribution < -0.4 is 0 Å². The minimum absolute atomic E-state index is 0.0259. The highest BCUT2D eigenvalue weighted by Crippen LogP contribution is 2.43. The second kappa shape index (κ2) is 42.3. The smallest absolute Gasteiger partial charge is 0.462 e. The lowest BCUT2D eigenvalue weighted by atomic mass is 10.0. The van der Waals surface area contributed by atoms with Gasteiger partial charge in [-0.3, -0.25) is 23.2 Å². The molecule has 15 nitrogen and oxygen atoms in total. The molecule has 0 rings (SSSR count). The Bertz CT molecular complexity index is 1550. The van der Waals surface area contributed by atoms with E-state index in [1.807, 2.05) is 12.2 Å². The first-order valence-corrected chi connectivity index (χ1v) is 26.1. The van der Waals surface area contributed by atoms with Crippen molar-refractivity contribution in [3.05, 3.63) is 97.2 Å². The second-order valence-electron chi connectivity index (χ2n) is 15.2. The maximum atomic E-state index is 12.7. The number of aliphatic hydroxyl groups is 3. The minimum Gasteiger partial charge on any atom is -0.462 e. The van der Waals surface area contributed by atoms with Gasteiger partial charge in [-0.05, 0) is 96.3 Å². The van der Waals surface area contributed by atoms with Crippen LogP contribution in [-0.4, -0.2) is 92.8 Å². The Morgan fingerprint density at radius 3 is 1.52 bits per heavy atom. The molecule has 0 amide bonds. The molecule has 17 heteroatoms. The number of rotatable bonds is 42. The van der Waals surface area contributed by atoms with Crippen molar-refractivity contribution in [2.24, 2.45) is 0 Å². The average molecular weight is 959 g/mol. The van der Waals surface area contributed by atoms with Crippen molar-refractivity contribution < 1.29 is 71.8 Å². The molecule has 0 aromatic carbocycles. The van der Waals surface area contributed by atoms with Crippen LogP contribution >= 0.6 is 15.6 Å². The van der Waals surface area contributed by atoms with Gasteiger partial charge in [0.2, 0.25) is 0 Å². The number of carbonyl (C=O) groups excluding carboxylic acids is 2. The molecule has 0 spiro atoms. The second-order valence-corrected chi connectivity index (χ2v) is 17.9. The summed E-state index contributed by atoms with van der Waals surface area (Å²) in [5.74, 6) is -1.36. The molecule has 6 N–H and O–H groups in total. The molecule has 0 heterocycles. The van der Waals surface area contributed by atoms with Crippen molar-refractivity contribution in [3.8, 4) is 0 Å². The average Bonchev–Trinajstić information content (AvgIpc) is 3.26. The van der Waals surface area contributed by atoms with Crippen LogP contribution in [0.15, 0.2) is 97.2 Å². The largest absolute Gasteiger partial charge is 0.472 e. The summed E-state index contributed by atoms with van der Waals surface area (Å²) in [4.78, 5) is 52.8. The number of phosphoric ester groups is 2. The fraction of sp³-hybridized carbons (Fsp3) is 0.625. The Morgan fingerprint density at radius 2 is 0.985 bits per heavy atom. The lowest BCUT2D eigenvalue weighted by Gasteiger charge is -2.20. The maximum absolute atomic E-state index is 12.7. The Balaban J connectivity index is 4.79. The molecule has 65 heavy (non-hydrogen) atoms. The summed E-state index contributed by atoms with van der Waals surface area (Å²) < 4.78 is 47.6. The van der Waals surface area contributed by atoms with E-state index < -0.39 is 78.4 Å². The summed E-state index contributed by atoms with van der Waals surface area (Å²) in [5, 5.41) is 30.5. The molecule has 0 saturated heterocycles. The number of ether oxygens (including phenoxy) is 2. The summed E-state index contributed by atoms with van der Waals surface area (Å²) in [6, 6.07) is 0. The molecule has 0 saturated carbocycles. The van der Waals surface area contributed by atoms with E-state index in [2.05, 4.69) is 102 Å². The number of hydrogen-bond donors (Lipinski definition) is 6. The molecule has 0 aromatic rings. The summed E-state index contributed by atoms with van der Waals surface area (Å²) in [7, 11) is -9.80. The van der Waals surface area contributed by atoms with Gasteiger partial charge >= 0.3 is 27.6 Å². The van der Waals surface area contributed by atoms with E-state index in [0.29, 0.717) is 12.8 Å².